The van der Waals surface area contributed by atoms with Crippen LogP contribution in [-0.4, -0.2) is 69.4 Å². The molecule has 0 spiro atoms. The van der Waals surface area contributed by atoms with E-state index >= 15 is 0 Å². The summed E-state index contributed by atoms with van der Waals surface area (Å²) in [5.74, 6) is -0.559. The van der Waals surface area contributed by atoms with Gasteiger partial charge in [0.05, 0.1) is 33.8 Å². The standard InChI is InChI=1S/C65H119N2O7P/c1-7-10-13-16-19-22-25-27-29-31-33-35-37-39-42-45-48-51-54-57-64(68)66-62(61-73-75(70,71)72-60-59-67(4,5)6)63(56-53-50-47-44-41-24-21-18-15-12-9-3)74-65(69)58-55-52-49-46-43-40-38-36-34-32-30-28-26-23-20-17-14-11-8-2/h19-20,22-23,27-30,34,36,53,56,62-63H,7-18,21,24-26,31-33,35,37-52,54-55,57-61H2,1-6H3,(H-,66,68,70,71)/b22-19-,23-20-,29-27-,30-28-,36-34-,56-53+. The zero-order valence-electron chi connectivity index (χ0n) is 49.7. The van der Waals surface area contributed by atoms with E-state index in [0.29, 0.717) is 23.9 Å². The molecule has 0 bridgehead atoms. The molecule has 10 heteroatoms. The first-order valence-electron chi connectivity index (χ1n) is 31.2. The Hall–Kier alpha value is -2.55. The van der Waals surface area contributed by atoms with Gasteiger partial charge < -0.3 is 28.5 Å². The first-order valence-corrected chi connectivity index (χ1v) is 32.7. The van der Waals surface area contributed by atoms with Gasteiger partial charge in [0.2, 0.25) is 5.91 Å². The molecule has 0 aromatic rings. The number of amides is 1. The Kier molecular flexibility index (Phi) is 52.9. The molecule has 0 saturated carbocycles. The molecule has 0 radical (unpaired) electrons. The van der Waals surface area contributed by atoms with Crippen molar-refractivity contribution in [2.75, 3.05) is 40.9 Å². The second kappa shape index (κ2) is 54.8. The van der Waals surface area contributed by atoms with E-state index in [2.05, 4.69) is 86.8 Å². The van der Waals surface area contributed by atoms with Gasteiger partial charge >= 0.3 is 5.97 Å². The quantitative estimate of drug-likeness (QED) is 0.0212. The lowest BCUT2D eigenvalue weighted by Gasteiger charge is -2.30. The van der Waals surface area contributed by atoms with Crippen LogP contribution in [0.25, 0.3) is 0 Å². The third-order valence-corrected chi connectivity index (χ3v) is 14.6. The lowest BCUT2D eigenvalue weighted by atomic mass is 10.0. The van der Waals surface area contributed by atoms with E-state index in [1.807, 2.05) is 33.3 Å². The van der Waals surface area contributed by atoms with Crippen LogP contribution in [0.2, 0.25) is 0 Å². The summed E-state index contributed by atoms with van der Waals surface area (Å²) in [4.78, 5) is 40.0. The Balaban J connectivity index is 5.24. The van der Waals surface area contributed by atoms with E-state index in [0.717, 1.165) is 96.3 Å². The molecular weight excluding hydrogens is 952 g/mol. The van der Waals surface area contributed by atoms with Crippen molar-refractivity contribution in [2.24, 2.45) is 0 Å². The van der Waals surface area contributed by atoms with Crippen LogP contribution in [0.1, 0.15) is 278 Å². The SMILES string of the molecule is CCCCC/C=C\C/C=C\C/C=C\CCCCCCCCC(=O)OC(/C=C/CCCCCCCCCCC)C(COP(=O)([O-])OCC[N+](C)(C)C)NC(=O)CCCCCCCCCCC/C=C\C/C=C\CCCCC. The van der Waals surface area contributed by atoms with Gasteiger partial charge in [-0.05, 0) is 102 Å². The van der Waals surface area contributed by atoms with Gasteiger partial charge in [-0.1, -0.05) is 235 Å². The number of rotatable bonds is 56. The molecular formula is C65H119N2O7P. The highest BCUT2D eigenvalue weighted by Crippen LogP contribution is 2.38. The summed E-state index contributed by atoms with van der Waals surface area (Å²) in [5.41, 5.74) is 0. The molecule has 0 fully saturated rings. The number of unbranched alkanes of at least 4 members (excludes halogenated alkanes) is 30. The number of hydrogen-bond donors (Lipinski definition) is 1. The van der Waals surface area contributed by atoms with Gasteiger partial charge in [-0.2, -0.15) is 0 Å². The zero-order chi connectivity index (χ0) is 55.0. The van der Waals surface area contributed by atoms with Crippen molar-refractivity contribution in [1.82, 2.24) is 5.32 Å². The van der Waals surface area contributed by atoms with Gasteiger partial charge in [-0.3, -0.25) is 14.2 Å². The van der Waals surface area contributed by atoms with Crippen molar-refractivity contribution >= 4 is 19.7 Å². The number of allylic oxidation sites excluding steroid dienone is 11. The molecule has 0 aromatic heterocycles. The molecule has 1 N–H and O–H groups in total. The molecule has 0 aliphatic rings. The molecule has 0 aliphatic heterocycles. The number of phosphoric ester groups is 1. The predicted molar refractivity (Wildman–Crippen MR) is 321 cm³/mol. The van der Waals surface area contributed by atoms with E-state index in [9.17, 15) is 19.0 Å². The monoisotopic (exact) mass is 1070 g/mol. The first kappa shape index (κ1) is 72.5. The summed E-state index contributed by atoms with van der Waals surface area (Å²) in [6, 6.07) is -0.898. The molecule has 3 unspecified atom stereocenters. The van der Waals surface area contributed by atoms with Crippen LogP contribution in [0.3, 0.4) is 0 Å². The van der Waals surface area contributed by atoms with Crippen molar-refractivity contribution in [2.45, 2.75) is 290 Å². The van der Waals surface area contributed by atoms with Crippen LogP contribution >= 0.6 is 7.82 Å². The average Bonchev–Trinajstić information content (AvgIpc) is 3.37. The van der Waals surface area contributed by atoms with Gasteiger partial charge in [-0.15, -0.1) is 0 Å². The maximum absolute atomic E-state index is 13.5. The van der Waals surface area contributed by atoms with Crippen LogP contribution in [0.5, 0.6) is 0 Å². The van der Waals surface area contributed by atoms with E-state index in [4.69, 9.17) is 13.8 Å². The van der Waals surface area contributed by atoms with Gasteiger partial charge in [0.15, 0.2) is 0 Å². The highest BCUT2D eigenvalue weighted by molar-refractivity contribution is 7.45. The normalized spacial score (nSPS) is 14.2. The molecule has 0 aliphatic carbocycles. The van der Waals surface area contributed by atoms with Crippen molar-refractivity contribution in [1.29, 1.82) is 0 Å². The largest absolute Gasteiger partial charge is 0.756 e. The maximum atomic E-state index is 13.5. The first-order chi connectivity index (χ1) is 36.4. The van der Waals surface area contributed by atoms with E-state index in [1.54, 1.807) is 0 Å². The minimum Gasteiger partial charge on any atom is -0.756 e. The average molecular weight is 1070 g/mol. The van der Waals surface area contributed by atoms with E-state index in [-0.39, 0.29) is 24.9 Å². The number of quaternary nitrogens is 1. The number of carbonyl (C=O) groups excluding carboxylic acids is 2. The van der Waals surface area contributed by atoms with E-state index in [1.165, 1.54) is 141 Å². The second-order valence-corrected chi connectivity index (χ2v) is 23.6. The second-order valence-electron chi connectivity index (χ2n) is 22.2. The fourth-order valence-corrected chi connectivity index (χ4v) is 9.46. The summed E-state index contributed by atoms with van der Waals surface area (Å²) in [6.45, 7) is 6.78. The molecule has 0 aromatic carbocycles. The Bertz CT molecular complexity index is 1510. The number of nitrogens with zero attached hydrogens (tertiary/aromatic N) is 1. The number of carbonyl (C=O) groups is 2. The molecule has 436 valence electrons. The molecule has 0 heterocycles. The van der Waals surface area contributed by atoms with Gasteiger partial charge in [0, 0.05) is 12.8 Å². The minimum atomic E-state index is -4.70. The highest BCUT2D eigenvalue weighted by atomic mass is 31.2. The number of hydrogen-bond acceptors (Lipinski definition) is 7. The Morgan fingerprint density at radius 2 is 0.813 bits per heavy atom. The fourth-order valence-electron chi connectivity index (χ4n) is 8.74. The molecule has 9 nitrogen and oxygen atoms in total. The topological polar surface area (TPSA) is 114 Å². The van der Waals surface area contributed by atoms with Gasteiger partial charge in [0.25, 0.3) is 7.82 Å². The number of ether oxygens (including phenoxy) is 1. The zero-order valence-corrected chi connectivity index (χ0v) is 50.6. The number of likely N-dealkylation sites (N-methyl/N-ethyl adjacent to an activating group) is 1. The third kappa shape index (κ3) is 56.0. The Labute approximate surface area is 463 Å². The van der Waals surface area contributed by atoms with Crippen molar-refractivity contribution < 1.29 is 37.3 Å². The molecule has 75 heavy (non-hydrogen) atoms. The minimum absolute atomic E-state index is 0.0276. The van der Waals surface area contributed by atoms with Crippen LogP contribution in [0, 0.1) is 0 Å². The summed E-state index contributed by atoms with van der Waals surface area (Å²) in [5, 5.41) is 3.02. The van der Waals surface area contributed by atoms with Crippen molar-refractivity contribution in [3.8, 4) is 0 Å². The number of nitrogens with one attached hydrogen (secondary N) is 1. The van der Waals surface area contributed by atoms with E-state index < -0.39 is 26.6 Å². The van der Waals surface area contributed by atoms with Crippen LogP contribution in [0.4, 0.5) is 0 Å². The Morgan fingerprint density at radius 3 is 1.24 bits per heavy atom. The number of phosphoric acid groups is 1. The summed E-state index contributed by atoms with van der Waals surface area (Å²) in [7, 11) is 1.17. The van der Waals surface area contributed by atoms with Crippen molar-refractivity contribution in [3.63, 3.8) is 0 Å². The maximum Gasteiger partial charge on any atom is 0.306 e. The smallest absolute Gasteiger partial charge is 0.306 e. The molecule has 0 rings (SSSR count). The lowest BCUT2D eigenvalue weighted by molar-refractivity contribution is -0.870. The highest BCUT2D eigenvalue weighted by Gasteiger charge is 2.27. The van der Waals surface area contributed by atoms with Crippen LogP contribution < -0.4 is 10.2 Å². The van der Waals surface area contributed by atoms with Gasteiger partial charge in [-0.25, -0.2) is 0 Å². The third-order valence-electron chi connectivity index (χ3n) is 13.6. The fraction of sp³-hybridized carbons (Fsp3) is 0.785. The van der Waals surface area contributed by atoms with Gasteiger partial charge in [0.1, 0.15) is 19.3 Å². The molecule has 0 saturated heterocycles. The van der Waals surface area contributed by atoms with Crippen LogP contribution in [0.15, 0.2) is 72.9 Å². The molecule has 1 amide bonds. The summed E-state index contributed by atoms with van der Waals surface area (Å²) < 4.78 is 30.3. The summed E-state index contributed by atoms with van der Waals surface area (Å²) >= 11 is 0. The lowest BCUT2D eigenvalue weighted by Crippen LogP contribution is -2.47. The predicted octanol–water partition coefficient (Wildman–Crippen LogP) is 18.6. The van der Waals surface area contributed by atoms with Crippen molar-refractivity contribution in [3.05, 3.63) is 72.9 Å². The Morgan fingerprint density at radius 1 is 0.467 bits per heavy atom. The number of esters is 1. The summed E-state index contributed by atoms with van der Waals surface area (Å²) in [6.07, 6.45) is 70.0. The molecule has 3 atom stereocenters. The van der Waals surface area contributed by atoms with Crippen LogP contribution in [-0.2, 0) is 27.9 Å².